The lowest BCUT2D eigenvalue weighted by Gasteiger charge is -2.16. The Hall–Kier alpha value is -3.60. The molecule has 1 amide bonds. The number of rotatable bonds is 5. The molecule has 4 rings (SSSR count). The maximum Gasteiger partial charge on any atom is 0.339 e. The van der Waals surface area contributed by atoms with Gasteiger partial charge in [0.05, 0.1) is 18.4 Å². The second kappa shape index (κ2) is 7.56. The van der Waals surface area contributed by atoms with E-state index in [0.29, 0.717) is 17.9 Å². The zero-order valence-corrected chi connectivity index (χ0v) is 15.4. The van der Waals surface area contributed by atoms with Crippen LogP contribution in [0.2, 0.25) is 0 Å². The minimum absolute atomic E-state index is 0.297. The minimum atomic E-state index is -0.507. The molecule has 0 saturated carbocycles. The molecule has 0 aliphatic carbocycles. The first-order valence-electron chi connectivity index (χ1n) is 8.97. The summed E-state index contributed by atoms with van der Waals surface area (Å²) >= 11 is 0. The molecule has 0 fully saturated rings. The van der Waals surface area contributed by atoms with E-state index in [0.717, 1.165) is 21.5 Å². The molecule has 5 heteroatoms. The molecule has 0 radical (unpaired) electrons. The summed E-state index contributed by atoms with van der Waals surface area (Å²) in [6.45, 7) is -0.00578. The number of likely N-dealkylation sites (N-methyl/N-ethyl adjacent to an activating group) is 1. The minimum Gasteiger partial charge on any atom is -0.467 e. The van der Waals surface area contributed by atoms with E-state index in [1.165, 1.54) is 4.90 Å². The highest BCUT2D eigenvalue weighted by Crippen LogP contribution is 2.29. The number of benzene rings is 3. The van der Waals surface area contributed by atoms with Crippen LogP contribution in [-0.2, 0) is 16.1 Å². The van der Waals surface area contributed by atoms with Crippen LogP contribution < -0.4 is 0 Å². The smallest absolute Gasteiger partial charge is 0.339 e. The maximum absolute atomic E-state index is 12.9. The Morgan fingerprint density at radius 2 is 1.57 bits per heavy atom. The number of carbonyl (C=O) groups is 2. The average Bonchev–Trinajstić information content (AvgIpc) is 3.22. The van der Waals surface area contributed by atoms with E-state index in [1.807, 2.05) is 54.6 Å². The Bertz CT molecular complexity index is 1090. The van der Waals surface area contributed by atoms with Crippen molar-refractivity contribution in [2.45, 2.75) is 6.54 Å². The summed E-state index contributed by atoms with van der Waals surface area (Å²) in [6.07, 6.45) is 1.55. The lowest BCUT2D eigenvalue weighted by Crippen LogP contribution is -2.30. The summed E-state index contributed by atoms with van der Waals surface area (Å²) in [5, 5.41) is 3.52. The van der Waals surface area contributed by atoms with Gasteiger partial charge in [0.25, 0.3) is 5.91 Å². The molecule has 0 unspecified atom stereocenters. The van der Waals surface area contributed by atoms with Gasteiger partial charge in [-0.3, -0.25) is 4.79 Å². The van der Waals surface area contributed by atoms with Crippen molar-refractivity contribution in [1.82, 2.24) is 4.90 Å². The number of amides is 1. The Morgan fingerprint density at radius 1 is 0.929 bits per heavy atom. The maximum atomic E-state index is 12.9. The molecule has 0 N–H and O–H groups in total. The molecule has 0 spiro atoms. The third-order valence-electron chi connectivity index (χ3n) is 4.70. The third kappa shape index (κ3) is 3.47. The van der Waals surface area contributed by atoms with Crippen molar-refractivity contribution in [2.24, 2.45) is 0 Å². The first-order chi connectivity index (χ1) is 13.6. The number of fused-ring (bicyclic) bond motifs is 2. The number of ether oxygens (including phenoxy) is 1. The van der Waals surface area contributed by atoms with Crippen LogP contribution in [0.25, 0.3) is 21.5 Å². The molecule has 1 heterocycles. The van der Waals surface area contributed by atoms with E-state index < -0.39 is 5.97 Å². The molecule has 140 valence electrons. The van der Waals surface area contributed by atoms with Crippen LogP contribution in [0.5, 0.6) is 0 Å². The molecule has 5 nitrogen and oxygen atoms in total. The lowest BCUT2D eigenvalue weighted by atomic mass is 9.97. The topological polar surface area (TPSA) is 59.8 Å². The van der Waals surface area contributed by atoms with Crippen molar-refractivity contribution in [3.8, 4) is 0 Å². The Balaban J connectivity index is 1.57. The summed E-state index contributed by atoms with van der Waals surface area (Å²) in [5.41, 5.74) is 0.482. The molecular weight excluding hydrogens is 354 g/mol. The van der Waals surface area contributed by atoms with Gasteiger partial charge >= 0.3 is 5.97 Å². The molecule has 0 saturated heterocycles. The first-order valence-corrected chi connectivity index (χ1v) is 8.97. The highest BCUT2D eigenvalue weighted by Gasteiger charge is 2.19. The van der Waals surface area contributed by atoms with E-state index in [1.54, 1.807) is 25.4 Å². The molecule has 28 heavy (non-hydrogen) atoms. The van der Waals surface area contributed by atoms with Crippen LogP contribution in [0, 0.1) is 0 Å². The van der Waals surface area contributed by atoms with Crippen molar-refractivity contribution in [3.63, 3.8) is 0 Å². The van der Waals surface area contributed by atoms with Gasteiger partial charge in [0, 0.05) is 7.05 Å². The number of furan rings is 1. The van der Waals surface area contributed by atoms with E-state index in [2.05, 4.69) is 0 Å². The Labute approximate surface area is 162 Å². The van der Waals surface area contributed by atoms with Crippen molar-refractivity contribution >= 4 is 33.4 Å². The summed E-state index contributed by atoms with van der Waals surface area (Å²) in [5.74, 6) is -0.135. The fraction of sp³-hybridized carbons (Fsp3) is 0.130. The molecule has 3 aromatic carbocycles. The molecule has 1 aromatic heterocycles. The predicted octanol–water partition coefficient (Wildman–Crippen LogP) is 4.40. The number of hydrogen-bond acceptors (Lipinski definition) is 4. The molecule has 0 bridgehead atoms. The standard InChI is InChI=1S/C23H19NO4/c1-24(14-18-9-6-12-27-18)21(25)15-28-23(26)22-19-10-4-2-7-16(19)13-17-8-3-5-11-20(17)22/h2-13H,14-15H2,1H3. The number of carbonyl (C=O) groups excluding carboxylic acids is 2. The van der Waals surface area contributed by atoms with Gasteiger partial charge < -0.3 is 14.1 Å². The van der Waals surface area contributed by atoms with Crippen LogP contribution in [0.15, 0.2) is 77.4 Å². The second-order valence-corrected chi connectivity index (χ2v) is 6.60. The fourth-order valence-electron chi connectivity index (χ4n) is 3.27. The Kier molecular flexibility index (Phi) is 4.81. The van der Waals surface area contributed by atoms with Gasteiger partial charge in [-0.25, -0.2) is 4.79 Å². The molecule has 0 aliphatic rings. The van der Waals surface area contributed by atoms with E-state index in [9.17, 15) is 9.59 Å². The SMILES string of the molecule is CN(Cc1ccco1)C(=O)COC(=O)c1c2ccccc2cc2ccccc12. The summed E-state index contributed by atoms with van der Waals surface area (Å²) < 4.78 is 10.6. The Morgan fingerprint density at radius 3 is 2.18 bits per heavy atom. The number of nitrogens with zero attached hydrogens (tertiary/aromatic N) is 1. The lowest BCUT2D eigenvalue weighted by molar-refractivity contribution is -0.133. The van der Waals surface area contributed by atoms with Crippen LogP contribution in [0.4, 0.5) is 0 Å². The van der Waals surface area contributed by atoms with E-state index in [4.69, 9.17) is 9.15 Å². The van der Waals surface area contributed by atoms with Crippen LogP contribution in [0.3, 0.4) is 0 Å². The highest BCUT2D eigenvalue weighted by atomic mass is 16.5. The van der Waals surface area contributed by atoms with Gasteiger partial charge in [-0.05, 0) is 39.7 Å². The van der Waals surface area contributed by atoms with Crippen LogP contribution in [-0.4, -0.2) is 30.4 Å². The molecular formula is C23H19NO4. The predicted molar refractivity (Wildman–Crippen MR) is 107 cm³/mol. The average molecular weight is 373 g/mol. The van der Waals surface area contributed by atoms with E-state index in [-0.39, 0.29) is 12.5 Å². The summed E-state index contributed by atoms with van der Waals surface area (Å²) in [4.78, 5) is 26.7. The zero-order chi connectivity index (χ0) is 19.5. The van der Waals surface area contributed by atoms with Crippen LogP contribution >= 0.6 is 0 Å². The van der Waals surface area contributed by atoms with E-state index >= 15 is 0 Å². The van der Waals surface area contributed by atoms with Gasteiger partial charge in [-0.1, -0.05) is 48.5 Å². The summed E-state index contributed by atoms with van der Waals surface area (Å²) in [7, 11) is 1.64. The van der Waals surface area contributed by atoms with Gasteiger partial charge in [-0.2, -0.15) is 0 Å². The number of esters is 1. The first kappa shape index (κ1) is 17.8. The zero-order valence-electron chi connectivity index (χ0n) is 15.4. The number of hydrogen-bond donors (Lipinski definition) is 0. The van der Waals surface area contributed by atoms with Crippen molar-refractivity contribution in [3.05, 3.63) is 84.3 Å². The molecule has 0 atom stereocenters. The van der Waals surface area contributed by atoms with Crippen molar-refractivity contribution in [2.75, 3.05) is 13.7 Å². The van der Waals surface area contributed by atoms with Crippen LogP contribution in [0.1, 0.15) is 16.1 Å². The van der Waals surface area contributed by atoms with Gasteiger partial charge in [0.1, 0.15) is 5.76 Å². The monoisotopic (exact) mass is 373 g/mol. The van der Waals surface area contributed by atoms with Gasteiger partial charge in [0.15, 0.2) is 6.61 Å². The third-order valence-corrected chi connectivity index (χ3v) is 4.70. The van der Waals surface area contributed by atoms with Crippen molar-refractivity contribution < 1.29 is 18.7 Å². The second-order valence-electron chi connectivity index (χ2n) is 6.60. The normalized spacial score (nSPS) is 10.9. The van der Waals surface area contributed by atoms with Gasteiger partial charge in [-0.15, -0.1) is 0 Å². The van der Waals surface area contributed by atoms with Gasteiger partial charge in [0.2, 0.25) is 0 Å². The quantitative estimate of drug-likeness (QED) is 0.384. The highest BCUT2D eigenvalue weighted by molar-refractivity contribution is 6.16. The largest absolute Gasteiger partial charge is 0.467 e. The molecule has 4 aromatic rings. The van der Waals surface area contributed by atoms with Crippen molar-refractivity contribution in [1.29, 1.82) is 0 Å². The summed E-state index contributed by atoms with van der Waals surface area (Å²) in [6, 6.07) is 20.9. The fourth-order valence-corrected chi connectivity index (χ4v) is 3.27. The molecule has 0 aliphatic heterocycles.